The molecule has 0 heterocycles. The van der Waals surface area contributed by atoms with E-state index >= 15 is 0 Å². The van der Waals surface area contributed by atoms with Gasteiger partial charge in [-0.1, -0.05) is 0 Å². The van der Waals surface area contributed by atoms with Crippen LogP contribution in [0.1, 0.15) is 28.8 Å². The van der Waals surface area contributed by atoms with Crippen LogP contribution in [0.2, 0.25) is 0 Å². The minimum Gasteiger partial charge on any atom is -0.478 e. The van der Waals surface area contributed by atoms with Gasteiger partial charge >= 0.3 is 12.1 Å². The van der Waals surface area contributed by atoms with Gasteiger partial charge in [0.2, 0.25) is 5.91 Å². The Labute approximate surface area is 117 Å². The van der Waals surface area contributed by atoms with Crippen LogP contribution < -0.4 is 11.1 Å². The molecule has 1 aliphatic carbocycles. The molecule has 0 unspecified atom stereocenters. The van der Waals surface area contributed by atoms with Crippen LogP contribution in [0.5, 0.6) is 0 Å². The highest BCUT2D eigenvalue weighted by Gasteiger charge is 2.48. The minimum atomic E-state index is -4.65. The molecule has 5 nitrogen and oxygen atoms in total. The molecule has 1 aromatic carbocycles. The van der Waals surface area contributed by atoms with Gasteiger partial charge in [0, 0.05) is 6.54 Å². The number of alkyl halides is 3. The van der Waals surface area contributed by atoms with Crippen LogP contribution in [-0.4, -0.2) is 23.5 Å². The molecule has 1 aromatic rings. The Balaban J connectivity index is 2.31. The summed E-state index contributed by atoms with van der Waals surface area (Å²) in [5.41, 5.74) is 2.90. The van der Waals surface area contributed by atoms with Gasteiger partial charge in [0.1, 0.15) is 0 Å². The Morgan fingerprint density at radius 3 is 2.38 bits per heavy atom. The molecule has 1 fully saturated rings. The van der Waals surface area contributed by atoms with E-state index in [0.29, 0.717) is 18.9 Å². The Morgan fingerprint density at radius 1 is 1.33 bits per heavy atom. The van der Waals surface area contributed by atoms with Crippen molar-refractivity contribution in [2.75, 3.05) is 11.9 Å². The van der Waals surface area contributed by atoms with Crippen molar-refractivity contribution in [1.82, 2.24) is 0 Å². The number of nitrogens with one attached hydrogen (secondary N) is 1. The molecule has 114 valence electrons. The van der Waals surface area contributed by atoms with Gasteiger partial charge in [-0.05, 0) is 31.0 Å². The average molecular weight is 302 g/mol. The van der Waals surface area contributed by atoms with Gasteiger partial charge in [0.15, 0.2) is 0 Å². The normalized spacial score (nSPS) is 16.4. The molecule has 0 radical (unpaired) electrons. The van der Waals surface area contributed by atoms with Crippen molar-refractivity contribution in [2.45, 2.75) is 19.0 Å². The van der Waals surface area contributed by atoms with Crippen LogP contribution in [0.15, 0.2) is 18.2 Å². The smallest absolute Gasteiger partial charge is 0.416 e. The molecular weight excluding hydrogens is 289 g/mol. The first kappa shape index (κ1) is 15.3. The lowest BCUT2D eigenvalue weighted by atomic mass is 10.0. The van der Waals surface area contributed by atoms with Crippen LogP contribution >= 0.6 is 0 Å². The first-order chi connectivity index (χ1) is 9.69. The second kappa shape index (κ2) is 5.03. The highest BCUT2D eigenvalue weighted by atomic mass is 19.4. The molecule has 21 heavy (non-hydrogen) atoms. The molecule has 2 rings (SSSR count). The van der Waals surface area contributed by atoms with Gasteiger partial charge in [-0.3, -0.25) is 4.79 Å². The molecule has 0 spiro atoms. The first-order valence-corrected chi connectivity index (χ1v) is 6.16. The lowest BCUT2D eigenvalue weighted by molar-refractivity contribution is -0.137. The van der Waals surface area contributed by atoms with Crippen molar-refractivity contribution in [3.63, 3.8) is 0 Å². The number of carbonyl (C=O) groups excluding carboxylic acids is 1. The fourth-order valence-corrected chi connectivity index (χ4v) is 1.94. The number of rotatable bonds is 4. The molecule has 0 atom stereocenters. The Bertz CT molecular complexity index is 595. The number of amides is 1. The van der Waals surface area contributed by atoms with Gasteiger partial charge in [-0.2, -0.15) is 13.2 Å². The molecular formula is C13H13F3N2O3. The van der Waals surface area contributed by atoms with Crippen LogP contribution in [0.3, 0.4) is 0 Å². The maximum Gasteiger partial charge on any atom is 0.416 e. The number of benzene rings is 1. The standard InChI is InChI=1S/C13H13F3N2O3/c14-13(15,16)7-1-2-9(8(5-7)10(19)20)18-11(21)12(6-17)3-4-12/h1-2,5H,3-4,6,17H2,(H,18,21)(H,19,20). The summed E-state index contributed by atoms with van der Waals surface area (Å²) in [6.45, 7) is 0.113. The third kappa shape index (κ3) is 2.99. The van der Waals surface area contributed by atoms with Crippen molar-refractivity contribution in [2.24, 2.45) is 11.1 Å². The van der Waals surface area contributed by atoms with Crippen molar-refractivity contribution in [3.8, 4) is 0 Å². The zero-order chi connectivity index (χ0) is 15.8. The van der Waals surface area contributed by atoms with Crippen LogP contribution in [-0.2, 0) is 11.0 Å². The van der Waals surface area contributed by atoms with Crippen LogP contribution in [0.4, 0.5) is 18.9 Å². The van der Waals surface area contributed by atoms with E-state index in [1.54, 1.807) is 0 Å². The maximum absolute atomic E-state index is 12.6. The Kier molecular flexibility index (Phi) is 3.66. The third-order valence-corrected chi connectivity index (χ3v) is 3.55. The third-order valence-electron chi connectivity index (χ3n) is 3.55. The number of hydrogen-bond donors (Lipinski definition) is 3. The quantitative estimate of drug-likeness (QED) is 0.794. The number of carbonyl (C=O) groups is 2. The van der Waals surface area contributed by atoms with Gasteiger partial charge < -0.3 is 16.2 Å². The summed E-state index contributed by atoms with van der Waals surface area (Å²) in [5.74, 6) is -2.01. The number of hydrogen-bond acceptors (Lipinski definition) is 3. The molecule has 4 N–H and O–H groups in total. The molecule has 1 saturated carbocycles. The predicted octanol–water partition coefficient (Wildman–Crippen LogP) is 2.08. The Morgan fingerprint density at radius 2 is 1.95 bits per heavy atom. The van der Waals surface area contributed by atoms with E-state index in [9.17, 15) is 22.8 Å². The topological polar surface area (TPSA) is 92.4 Å². The highest BCUT2D eigenvalue weighted by molar-refractivity contribution is 6.03. The molecule has 0 saturated heterocycles. The summed E-state index contributed by atoms with van der Waals surface area (Å²) in [7, 11) is 0. The summed E-state index contributed by atoms with van der Waals surface area (Å²) in [6, 6.07) is 2.17. The first-order valence-electron chi connectivity index (χ1n) is 6.16. The number of aromatic carboxylic acids is 1. The molecule has 8 heteroatoms. The second-order valence-corrected chi connectivity index (χ2v) is 5.00. The zero-order valence-corrected chi connectivity index (χ0v) is 10.8. The molecule has 0 aliphatic heterocycles. The Hall–Kier alpha value is -2.09. The van der Waals surface area contributed by atoms with Gasteiger partial charge in [0.25, 0.3) is 0 Å². The van der Waals surface area contributed by atoms with Gasteiger partial charge in [0.05, 0.1) is 22.2 Å². The van der Waals surface area contributed by atoms with E-state index in [1.807, 2.05) is 0 Å². The van der Waals surface area contributed by atoms with E-state index in [-0.39, 0.29) is 12.2 Å². The van der Waals surface area contributed by atoms with Gasteiger partial charge in [-0.15, -0.1) is 0 Å². The lowest BCUT2D eigenvalue weighted by Crippen LogP contribution is -2.31. The number of nitrogens with two attached hydrogens (primary N) is 1. The van der Waals surface area contributed by atoms with Crippen molar-refractivity contribution < 1.29 is 27.9 Å². The minimum absolute atomic E-state index is 0.113. The number of halogens is 3. The van der Waals surface area contributed by atoms with E-state index in [0.717, 1.165) is 12.1 Å². The summed E-state index contributed by atoms with van der Waals surface area (Å²) < 4.78 is 37.7. The highest BCUT2D eigenvalue weighted by Crippen LogP contribution is 2.45. The lowest BCUT2D eigenvalue weighted by Gasteiger charge is -2.15. The maximum atomic E-state index is 12.6. The number of carboxylic acid groups (broad SMARTS) is 1. The monoisotopic (exact) mass is 302 g/mol. The fourth-order valence-electron chi connectivity index (χ4n) is 1.94. The average Bonchev–Trinajstić information content (AvgIpc) is 3.18. The van der Waals surface area contributed by atoms with E-state index in [4.69, 9.17) is 10.8 Å². The van der Waals surface area contributed by atoms with E-state index in [2.05, 4.69) is 5.32 Å². The van der Waals surface area contributed by atoms with Crippen LogP contribution in [0, 0.1) is 5.41 Å². The molecule has 1 aliphatic rings. The molecule has 0 bridgehead atoms. The van der Waals surface area contributed by atoms with Gasteiger partial charge in [-0.25, -0.2) is 4.79 Å². The van der Waals surface area contributed by atoms with Crippen molar-refractivity contribution >= 4 is 17.6 Å². The largest absolute Gasteiger partial charge is 0.478 e. The number of anilines is 1. The molecule has 1 amide bonds. The fraction of sp³-hybridized carbons (Fsp3) is 0.385. The summed E-state index contributed by atoms with van der Waals surface area (Å²) in [6.07, 6.45) is -3.49. The SMILES string of the molecule is NCC1(C(=O)Nc2ccc(C(F)(F)F)cc2C(=O)O)CC1. The summed E-state index contributed by atoms with van der Waals surface area (Å²) >= 11 is 0. The van der Waals surface area contributed by atoms with Crippen molar-refractivity contribution in [3.05, 3.63) is 29.3 Å². The predicted molar refractivity (Wildman–Crippen MR) is 67.8 cm³/mol. The molecule has 0 aromatic heterocycles. The number of carboxylic acids is 1. The van der Waals surface area contributed by atoms with E-state index < -0.39 is 34.6 Å². The van der Waals surface area contributed by atoms with Crippen molar-refractivity contribution in [1.29, 1.82) is 0 Å². The zero-order valence-electron chi connectivity index (χ0n) is 10.8. The second-order valence-electron chi connectivity index (χ2n) is 5.00. The van der Waals surface area contributed by atoms with E-state index in [1.165, 1.54) is 0 Å². The van der Waals surface area contributed by atoms with Crippen LogP contribution in [0.25, 0.3) is 0 Å². The summed E-state index contributed by atoms with van der Waals surface area (Å²) in [5, 5.41) is 11.4. The summed E-state index contributed by atoms with van der Waals surface area (Å²) in [4.78, 5) is 23.1.